The first-order chi connectivity index (χ1) is 7.90. The van der Waals surface area contributed by atoms with Crippen molar-refractivity contribution in [1.29, 1.82) is 0 Å². The molecule has 16 heavy (non-hydrogen) atoms. The highest BCUT2D eigenvalue weighted by atomic mass is 16.5. The number of nitrogens with zero attached hydrogens (tertiary/aromatic N) is 1. The van der Waals surface area contributed by atoms with Crippen LogP contribution in [0.2, 0.25) is 0 Å². The molecule has 1 aromatic rings. The third kappa shape index (κ3) is 2.95. The van der Waals surface area contributed by atoms with E-state index in [4.69, 9.17) is 4.74 Å². The highest BCUT2D eigenvalue weighted by Crippen LogP contribution is 2.25. The first kappa shape index (κ1) is 11.4. The van der Waals surface area contributed by atoms with Gasteiger partial charge in [0.05, 0.1) is 6.10 Å². The molecule has 1 aliphatic carbocycles. The minimum Gasteiger partial charge on any atom is -0.490 e. The lowest BCUT2D eigenvalue weighted by atomic mass is 10.2. The van der Waals surface area contributed by atoms with E-state index in [1.807, 2.05) is 12.3 Å². The molecule has 0 saturated heterocycles. The summed E-state index contributed by atoms with van der Waals surface area (Å²) >= 11 is 0. The number of ether oxygens (including phenoxy) is 1. The maximum atomic E-state index is 6.02. The van der Waals surface area contributed by atoms with Crippen molar-refractivity contribution in [2.45, 2.75) is 45.3 Å². The second kappa shape index (κ2) is 5.85. The third-order valence-corrected chi connectivity index (χ3v) is 3.02. The summed E-state index contributed by atoms with van der Waals surface area (Å²) in [6.45, 7) is 3.91. The summed E-state index contributed by atoms with van der Waals surface area (Å²) < 4.78 is 6.02. The third-order valence-electron chi connectivity index (χ3n) is 3.02. The summed E-state index contributed by atoms with van der Waals surface area (Å²) in [6.07, 6.45) is 9.12. The van der Waals surface area contributed by atoms with Gasteiger partial charge in [-0.3, -0.25) is 4.98 Å². The van der Waals surface area contributed by atoms with E-state index in [-0.39, 0.29) is 0 Å². The Labute approximate surface area is 97.2 Å². The largest absolute Gasteiger partial charge is 0.490 e. The molecule has 0 unspecified atom stereocenters. The molecule has 1 aromatic heterocycles. The van der Waals surface area contributed by atoms with Crippen LogP contribution in [0.5, 0.6) is 5.75 Å². The van der Waals surface area contributed by atoms with Crippen LogP contribution < -0.4 is 10.1 Å². The Morgan fingerprint density at radius 3 is 3.00 bits per heavy atom. The molecule has 88 valence electrons. The van der Waals surface area contributed by atoms with Gasteiger partial charge in [-0.15, -0.1) is 0 Å². The van der Waals surface area contributed by atoms with Gasteiger partial charge < -0.3 is 10.1 Å². The molecule has 3 nitrogen and oxygen atoms in total. The molecule has 0 amide bonds. The van der Waals surface area contributed by atoms with Gasteiger partial charge in [0.2, 0.25) is 0 Å². The minimum atomic E-state index is 0.419. The van der Waals surface area contributed by atoms with Crippen molar-refractivity contribution in [3.63, 3.8) is 0 Å². The van der Waals surface area contributed by atoms with Gasteiger partial charge in [0.1, 0.15) is 5.75 Å². The van der Waals surface area contributed by atoms with E-state index >= 15 is 0 Å². The van der Waals surface area contributed by atoms with Crippen molar-refractivity contribution in [2.24, 2.45) is 0 Å². The Morgan fingerprint density at radius 1 is 1.44 bits per heavy atom. The summed E-state index contributed by atoms with van der Waals surface area (Å²) in [5.74, 6) is 1.00. The first-order valence-corrected chi connectivity index (χ1v) is 6.20. The van der Waals surface area contributed by atoms with Crippen LogP contribution in [-0.2, 0) is 6.54 Å². The predicted molar refractivity (Wildman–Crippen MR) is 64.5 cm³/mol. The van der Waals surface area contributed by atoms with Crippen molar-refractivity contribution in [3.05, 3.63) is 24.0 Å². The van der Waals surface area contributed by atoms with Crippen molar-refractivity contribution in [2.75, 3.05) is 6.54 Å². The Balaban J connectivity index is 2.00. The SMILES string of the molecule is CCNCc1cnccc1OC1CCCC1. The fraction of sp³-hybridized carbons (Fsp3) is 0.615. The zero-order chi connectivity index (χ0) is 11.2. The molecule has 0 spiro atoms. The summed E-state index contributed by atoms with van der Waals surface area (Å²) in [6, 6.07) is 1.98. The maximum Gasteiger partial charge on any atom is 0.127 e. The van der Waals surface area contributed by atoms with Gasteiger partial charge >= 0.3 is 0 Å². The molecule has 0 aromatic carbocycles. The van der Waals surface area contributed by atoms with Gasteiger partial charge in [-0.25, -0.2) is 0 Å². The van der Waals surface area contributed by atoms with E-state index in [9.17, 15) is 0 Å². The van der Waals surface area contributed by atoms with Crippen LogP contribution in [0.3, 0.4) is 0 Å². The number of hydrogen-bond acceptors (Lipinski definition) is 3. The van der Waals surface area contributed by atoms with Gasteiger partial charge in [0.15, 0.2) is 0 Å². The Kier molecular flexibility index (Phi) is 4.17. The minimum absolute atomic E-state index is 0.419. The van der Waals surface area contributed by atoms with Crippen molar-refractivity contribution >= 4 is 0 Å². The number of hydrogen-bond donors (Lipinski definition) is 1. The highest BCUT2D eigenvalue weighted by Gasteiger charge is 2.17. The zero-order valence-electron chi connectivity index (χ0n) is 9.91. The van der Waals surface area contributed by atoms with Crippen LogP contribution >= 0.6 is 0 Å². The second-order valence-corrected chi connectivity index (χ2v) is 4.29. The molecule has 0 bridgehead atoms. The van der Waals surface area contributed by atoms with Crippen molar-refractivity contribution in [3.8, 4) is 5.75 Å². The molecule has 1 saturated carbocycles. The molecule has 0 atom stereocenters. The van der Waals surface area contributed by atoms with E-state index in [0.717, 1.165) is 24.4 Å². The summed E-state index contributed by atoms with van der Waals surface area (Å²) in [5, 5.41) is 3.31. The Morgan fingerprint density at radius 2 is 2.25 bits per heavy atom. The van der Waals surface area contributed by atoms with Gasteiger partial charge in [0.25, 0.3) is 0 Å². The van der Waals surface area contributed by atoms with Crippen LogP contribution in [0.15, 0.2) is 18.5 Å². The number of pyridine rings is 1. The quantitative estimate of drug-likeness (QED) is 0.828. The summed E-state index contributed by atoms with van der Waals surface area (Å²) in [4.78, 5) is 4.15. The normalized spacial score (nSPS) is 16.6. The van der Waals surface area contributed by atoms with Crippen LogP contribution in [0, 0.1) is 0 Å². The summed E-state index contributed by atoms with van der Waals surface area (Å²) in [7, 11) is 0. The lowest BCUT2D eigenvalue weighted by molar-refractivity contribution is 0.207. The van der Waals surface area contributed by atoms with Crippen LogP contribution in [0.25, 0.3) is 0 Å². The predicted octanol–water partition coefficient (Wildman–Crippen LogP) is 2.51. The smallest absolute Gasteiger partial charge is 0.127 e. The van der Waals surface area contributed by atoms with Gasteiger partial charge in [0, 0.05) is 24.5 Å². The number of aromatic nitrogens is 1. The fourth-order valence-electron chi connectivity index (χ4n) is 2.11. The molecule has 1 N–H and O–H groups in total. The van der Waals surface area contributed by atoms with Crippen LogP contribution in [0.4, 0.5) is 0 Å². The van der Waals surface area contributed by atoms with E-state index in [1.165, 1.54) is 25.7 Å². The zero-order valence-corrected chi connectivity index (χ0v) is 9.91. The summed E-state index contributed by atoms with van der Waals surface area (Å²) in [5.41, 5.74) is 1.16. The average Bonchev–Trinajstić information content (AvgIpc) is 2.81. The average molecular weight is 220 g/mol. The molecule has 0 radical (unpaired) electrons. The molecule has 3 heteroatoms. The molecule has 1 heterocycles. The van der Waals surface area contributed by atoms with E-state index < -0.39 is 0 Å². The molecule has 1 fully saturated rings. The molecular weight excluding hydrogens is 200 g/mol. The topological polar surface area (TPSA) is 34.2 Å². The monoisotopic (exact) mass is 220 g/mol. The maximum absolute atomic E-state index is 6.02. The first-order valence-electron chi connectivity index (χ1n) is 6.20. The van der Waals surface area contributed by atoms with Crippen molar-refractivity contribution < 1.29 is 4.74 Å². The lowest BCUT2D eigenvalue weighted by Crippen LogP contribution is -2.16. The van der Waals surface area contributed by atoms with E-state index in [2.05, 4.69) is 17.2 Å². The van der Waals surface area contributed by atoms with Crippen molar-refractivity contribution in [1.82, 2.24) is 10.3 Å². The molecule has 1 aliphatic rings. The van der Waals surface area contributed by atoms with Crippen LogP contribution in [0.1, 0.15) is 38.2 Å². The second-order valence-electron chi connectivity index (χ2n) is 4.29. The van der Waals surface area contributed by atoms with Gasteiger partial charge in [-0.1, -0.05) is 6.92 Å². The molecular formula is C13H20N2O. The Bertz CT molecular complexity index is 321. The fourth-order valence-corrected chi connectivity index (χ4v) is 2.11. The van der Waals surface area contributed by atoms with Crippen LogP contribution in [-0.4, -0.2) is 17.6 Å². The number of rotatable bonds is 5. The number of nitrogens with one attached hydrogen (secondary N) is 1. The molecule has 2 rings (SSSR count). The Hall–Kier alpha value is -1.09. The highest BCUT2D eigenvalue weighted by molar-refractivity contribution is 5.30. The van der Waals surface area contributed by atoms with E-state index in [1.54, 1.807) is 6.20 Å². The molecule has 0 aliphatic heterocycles. The van der Waals surface area contributed by atoms with Gasteiger partial charge in [-0.05, 0) is 38.3 Å². The van der Waals surface area contributed by atoms with E-state index in [0.29, 0.717) is 6.10 Å². The lowest BCUT2D eigenvalue weighted by Gasteiger charge is -2.16. The van der Waals surface area contributed by atoms with Gasteiger partial charge in [-0.2, -0.15) is 0 Å². The standard InChI is InChI=1S/C13H20N2O/c1-2-14-9-11-10-15-8-7-13(11)16-12-5-3-4-6-12/h7-8,10,12,14H,2-6,9H2,1H3.